The van der Waals surface area contributed by atoms with Crippen molar-refractivity contribution in [3.8, 4) is 11.8 Å². The predicted molar refractivity (Wildman–Crippen MR) is 98.7 cm³/mol. The van der Waals surface area contributed by atoms with Gasteiger partial charge in [-0.15, -0.1) is 0 Å². The summed E-state index contributed by atoms with van der Waals surface area (Å²) in [4.78, 5) is 2.39. The molecule has 4 heteroatoms. The average Bonchev–Trinajstić information content (AvgIpc) is 2.51. The molecule has 0 unspecified atom stereocenters. The zero-order valence-electron chi connectivity index (χ0n) is 15.5. The molecule has 0 amide bonds. The number of rotatable bonds is 10. The van der Waals surface area contributed by atoms with Gasteiger partial charge in [0.1, 0.15) is 12.4 Å². The van der Waals surface area contributed by atoms with E-state index in [1.54, 1.807) is 13.2 Å². The van der Waals surface area contributed by atoms with Crippen molar-refractivity contribution in [1.29, 1.82) is 0 Å². The van der Waals surface area contributed by atoms with Crippen LogP contribution < -0.4 is 0 Å². The van der Waals surface area contributed by atoms with E-state index in [0.29, 0.717) is 32.0 Å². The Kier molecular flexibility index (Phi) is 10.2. The molecule has 0 N–H and O–H groups in total. The molecule has 0 aromatic heterocycles. The Hall–Kier alpha value is -1.54. The van der Waals surface area contributed by atoms with Gasteiger partial charge in [0.05, 0.1) is 12.7 Å². The van der Waals surface area contributed by atoms with Gasteiger partial charge in [0.25, 0.3) is 0 Å². The third-order valence-corrected chi connectivity index (χ3v) is 3.74. The lowest BCUT2D eigenvalue weighted by Gasteiger charge is -2.41. The first-order valence-electron chi connectivity index (χ1n) is 8.54. The first-order chi connectivity index (χ1) is 11.6. The Bertz CT molecular complexity index is 491. The molecule has 1 saturated heterocycles. The molecule has 0 radical (unpaired) electrons. The summed E-state index contributed by atoms with van der Waals surface area (Å²) < 4.78 is 16.3. The molecule has 1 aliphatic rings. The van der Waals surface area contributed by atoms with E-state index in [-0.39, 0.29) is 0 Å². The Morgan fingerprint density at radius 1 is 1.29 bits per heavy atom. The number of nitrogens with zero attached hydrogens (tertiary/aromatic N) is 1. The van der Waals surface area contributed by atoms with E-state index in [2.05, 4.69) is 37.2 Å². The van der Waals surface area contributed by atoms with E-state index in [1.165, 1.54) is 0 Å². The Balaban J connectivity index is 2.27. The summed E-state index contributed by atoms with van der Waals surface area (Å²) in [5.74, 6) is 6.89. The normalized spacial score (nSPS) is 16.5. The quantitative estimate of drug-likeness (QED) is 0.266. The third kappa shape index (κ3) is 8.35. The molecule has 0 aromatic rings. The molecule has 1 rings (SSSR count). The minimum Gasteiger partial charge on any atom is -0.494 e. The summed E-state index contributed by atoms with van der Waals surface area (Å²) in [6.07, 6.45) is 6.71. The molecule has 4 nitrogen and oxygen atoms in total. The van der Waals surface area contributed by atoms with Gasteiger partial charge in [0, 0.05) is 39.3 Å². The molecule has 134 valence electrons. The lowest BCUT2D eigenvalue weighted by atomic mass is 10.1. The van der Waals surface area contributed by atoms with Crippen molar-refractivity contribution in [1.82, 2.24) is 4.90 Å². The van der Waals surface area contributed by atoms with Gasteiger partial charge in [-0.3, -0.25) is 4.90 Å². The summed E-state index contributed by atoms with van der Waals surface area (Å²) in [7, 11) is 1.68. The first-order valence-corrected chi connectivity index (χ1v) is 8.54. The molecule has 0 atom stereocenters. The highest BCUT2D eigenvalue weighted by Crippen LogP contribution is 2.14. The highest BCUT2D eigenvalue weighted by Gasteiger charge is 2.28. The van der Waals surface area contributed by atoms with Crippen molar-refractivity contribution in [3.05, 3.63) is 36.1 Å². The topological polar surface area (TPSA) is 30.9 Å². The van der Waals surface area contributed by atoms with Gasteiger partial charge in [-0.1, -0.05) is 18.4 Å². The minimum atomic E-state index is 0.332. The molecule has 0 bridgehead atoms. The molecule has 0 aromatic carbocycles. The van der Waals surface area contributed by atoms with E-state index in [0.717, 1.165) is 30.8 Å². The monoisotopic (exact) mass is 333 g/mol. The predicted octanol–water partition coefficient (Wildman–Crippen LogP) is 3.17. The number of ether oxygens (including phenoxy) is 3. The van der Waals surface area contributed by atoms with Crippen molar-refractivity contribution in [2.45, 2.75) is 39.3 Å². The van der Waals surface area contributed by atoms with Crippen molar-refractivity contribution in [3.63, 3.8) is 0 Å². The second-order valence-electron chi connectivity index (χ2n) is 6.10. The van der Waals surface area contributed by atoms with Crippen LogP contribution in [0.2, 0.25) is 0 Å². The number of methoxy groups -OCH3 is 1. The maximum atomic E-state index is 5.72. The highest BCUT2D eigenvalue weighted by molar-refractivity contribution is 5.31. The van der Waals surface area contributed by atoms with Gasteiger partial charge in [0.2, 0.25) is 0 Å². The summed E-state index contributed by atoms with van der Waals surface area (Å²) in [6.45, 7) is 14.0. The van der Waals surface area contributed by atoms with Gasteiger partial charge in [-0.05, 0) is 44.6 Å². The SMILES string of the molecule is C=C/C(=C\C=C(/C)C#CCOC1CN(C(C)C)C1)OCCCOC. The second kappa shape index (κ2) is 11.9. The van der Waals surface area contributed by atoms with Crippen molar-refractivity contribution in [2.75, 3.05) is 40.0 Å². The standard InChI is InChI=1S/C20H31NO3/c1-6-19(23-14-8-12-22-5)11-10-18(4)9-7-13-24-20-15-21(16-20)17(2)3/h6,10-11,17,20H,1,8,12-16H2,2-5H3/b18-10+,19-11+. The fraction of sp³-hybridized carbons (Fsp3) is 0.600. The summed E-state index contributed by atoms with van der Waals surface area (Å²) in [5, 5.41) is 0. The van der Waals surface area contributed by atoms with Crippen LogP contribution in [0.3, 0.4) is 0 Å². The van der Waals surface area contributed by atoms with Gasteiger partial charge >= 0.3 is 0 Å². The molecule has 0 spiro atoms. The largest absolute Gasteiger partial charge is 0.494 e. The molecular weight excluding hydrogens is 302 g/mol. The third-order valence-electron chi connectivity index (χ3n) is 3.74. The fourth-order valence-corrected chi connectivity index (χ4v) is 2.15. The molecule has 1 aliphatic heterocycles. The van der Waals surface area contributed by atoms with Crippen LogP contribution in [0.4, 0.5) is 0 Å². The van der Waals surface area contributed by atoms with Crippen LogP contribution in [0.1, 0.15) is 27.2 Å². The first kappa shape index (κ1) is 20.5. The van der Waals surface area contributed by atoms with Crippen molar-refractivity contribution in [2.24, 2.45) is 0 Å². The average molecular weight is 333 g/mol. The van der Waals surface area contributed by atoms with Gasteiger partial charge in [-0.25, -0.2) is 0 Å². The summed E-state index contributed by atoms with van der Waals surface area (Å²) >= 11 is 0. The Labute approximate surface area is 147 Å². The summed E-state index contributed by atoms with van der Waals surface area (Å²) in [6, 6.07) is 0.601. The van der Waals surface area contributed by atoms with Gasteiger partial charge in [-0.2, -0.15) is 0 Å². The maximum Gasteiger partial charge on any atom is 0.118 e. The fourth-order valence-electron chi connectivity index (χ4n) is 2.15. The van der Waals surface area contributed by atoms with Crippen molar-refractivity contribution >= 4 is 0 Å². The van der Waals surface area contributed by atoms with Crippen LogP contribution in [0.15, 0.2) is 36.1 Å². The van der Waals surface area contributed by atoms with E-state index < -0.39 is 0 Å². The number of hydrogen-bond donors (Lipinski definition) is 0. The van der Waals surface area contributed by atoms with E-state index in [9.17, 15) is 0 Å². The molecule has 0 aliphatic carbocycles. The van der Waals surface area contributed by atoms with Crippen LogP contribution in [-0.2, 0) is 14.2 Å². The van der Waals surface area contributed by atoms with Gasteiger partial charge in [0.15, 0.2) is 0 Å². The van der Waals surface area contributed by atoms with Crippen LogP contribution in [0.5, 0.6) is 0 Å². The van der Waals surface area contributed by atoms with Crippen LogP contribution in [0, 0.1) is 11.8 Å². The zero-order chi connectivity index (χ0) is 17.8. The van der Waals surface area contributed by atoms with Crippen molar-refractivity contribution < 1.29 is 14.2 Å². The molecule has 1 heterocycles. The Morgan fingerprint density at radius 2 is 2.04 bits per heavy atom. The Morgan fingerprint density at radius 3 is 2.67 bits per heavy atom. The smallest absolute Gasteiger partial charge is 0.118 e. The summed E-state index contributed by atoms with van der Waals surface area (Å²) in [5.41, 5.74) is 0.968. The zero-order valence-corrected chi connectivity index (χ0v) is 15.5. The van der Waals surface area contributed by atoms with E-state index in [1.807, 2.05) is 19.1 Å². The van der Waals surface area contributed by atoms with Crippen LogP contribution in [0.25, 0.3) is 0 Å². The number of likely N-dealkylation sites (tertiary alicyclic amines) is 1. The van der Waals surface area contributed by atoms with Crippen LogP contribution >= 0.6 is 0 Å². The number of allylic oxidation sites excluding steroid dienone is 4. The molecule has 1 fully saturated rings. The second-order valence-corrected chi connectivity index (χ2v) is 6.10. The van der Waals surface area contributed by atoms with Gasteiger partial charge < -0.3 is 14.2 Å². The lowest BCUT2D eigenvalue weighted by molar-refractivity contribution is -0.0551. The molecule has 24 heavy (non-hydrogen) atoms. The van der Waals surface area contributed by atoms with E-state index in [4.69, 9.17) is 14.2 Å². The molecule has 0 saturated carbocycles. The lowest BCUT2D eigenvalue weighted by Crippen LogP contribution is -2.54. The van der Waals surface area contributed by atoms with Crippen LogP contribution in [-0.4, -0.2) is 57.1 Å². The number of hydrogen-bond acceptors (Lipinski definition) is 4. The maximum absolute atomic E-state index is 5.72. The van der Waals surface area contributed by atoms with E-state index >= 15 is 0 Å². The molecular formula is C20H31NO3. The highest BCUT2D eigenvalue weighted by atomic mass is 16.5. The minimum absolute atomic E-state index is 0.332.